The quantitative estimate of drug-likeness (QED) is 0.744. The average Bonchev–Trinajstić information content (AvgIpc) is 3.12. The van der Waals surface area contributed by atoms with Gasteiger partial charge in [-0.3, -0.25) is 4.79 Å². The van der Waals surface area contributed by atoms with Crippen LogP contribution in [0.25, 0.3) is 5.69 Å². The third-order valence-electron chi connectivity index (χ3n) is 5.81. The molecule has 0 saturated carbocycles. The van der Waals surface area contributed by atoms with Crippen molar-refractivity contribution in [1.82, 2.24) is 19.7 Å². The van der Waals surface area contributed by atoms with Crippen LogP contribution in [0, 0.1) is 13.8 Å². The summed E-state index contributed by atoms with van der Waals surface area (Å²) in [7, 11) is 0. The number of nitrogens with one attached hydrogen (secondary N) is 1. The van der Waals surface area contributed by atoms with Crippen molar-refractivity contribution in [3.63, 3.8) is 0 Å². The van der Waals surface area contributed by atoms with Crippen LogP contribution >= 0.6 is 0 Å². The molecule has 1 aliphatic rings. The van der Waals surface area contributed by atoms with E-state index in [1.165, 1.54) is 0 Å². The first-order chi connectivity index (χ1) is 14.0. The van der Waals surface area contributed by atoms with E-state index >= 15 is 0 Å². The lowest BCUT2D eigenvalue weighted by Crippen LogP contribution is -2.39. The number of rotatable bonds is 4. The van der Waals surface area contributed by atoms with Crippen LogP contribution in [0.4, 0.5) is 0 Å². The molecule has 1 N–H and O–H groups in total. The molecule has 0 bridgehead atoms. The van der Waals surface area contributed by atoms with Gasteiger partial charge in [0.15, 0.2) is 0 Å². The lowest BCUT2D eigenvalue weighted by Gasteiger charge is -2.31. The maximum atomic E-state index is 12.7. The Morgan fingerprint density at radius 2 is 1.76 bits per heavy atom. The molecule has 1 fully saturated rings. The fourth-order valence-electron chi connectivity index (χ4n) is 4.00. The number of aryl methyl sites for hydroxylation is 2. The highest BCUT2D eigenvalue weighted by Crippen LogP contribution is 2.28. The van der Waals surface area contributed by atoms with Crippen LogP contribution in [-0.4, -0.2) is 38.7 Å². The van der Waals surface area contributed by atoms with Gasteiger partial charge in [0.2, 0.25) is 5.91 Å². The molecule has 6 heteroatoms. The van der Waals surface area contributed by atoms with E-state index in [0.717, 1.165) is 41.0 Å². The number of aromatic amines is 1. The Kier molecular flexibility index (Phi) is 5.34. The fraction of sp³-hybridized carbons (Fsp3) is 0.348. The Balaban J connectivity index is 1.45. The third-order valence-corrected chi connectivity index (χ3v) is 5.81. The highest BCUT2D eigenvalue weighted by atomic mass is 16.2. The molecular formula is C23H26N4O2. The summed E-state index contributed by atoms with van der Waals surface area (Å²) in [4.78, 5) is 27.0. The Morgan fingerprint density at radius 1 is 1.07 bits per heavy atom. The monoisotopic (exact) mass is 390 g/mol. The van der Waals surface area contributed by atoms with Crippen molar-refractivity contribution >= 4 is 5.91 Å². The number of hydrogen-bond donors (Lipinski definition) is 1. The Bertz CT molecular complexity index is 1060. The van der Waals surface area contributed by atoms with Gasteiger partial charge in [0, 0.05) is 19.0 Å². The van der Waals surface area contributed by atoms with Crippen molar-refractivity contribution in [3.05, 3.63) is 81.5 Å². The van der Waals surface area contributed by atoms with Crippen molar-refractivity contribution in [2.24, 2.45) is 0 Å². The van der Waals surface area contributed by atoms with E-state index in [-0.39, 0.29) is 17.5 Å². The van der Waals surface area contributed by atoms with Crippen molar-refractivity contribution in [1.29, 1.82) is 0 Å². The SMILES string of the molecule is Cc1ccc(-n2c(C3CCN(C(=O)Cc4ccccc4C)CC3)n[nH]c2=O)cc1. The molecule has 0 unspecified atom stereocenters. The van der Waals surface area contributed by atoms with E-state index in [4.69, 9.17) is 0 Å². The lowest BCUT2D eigenvalue weighted by atomic mass is 9.95. The van der Waals surface area contributed by atoms with Gasteiger partial charge in [-0.2, -0.15) is 5.10 Å². The maximum Gasteiger partial charge on any atom is 0.347 e. The second kappa shape index (κ2) is 8.07. The molecule has 1 saturated heterocycles. The molecule has 4 rings (SSSR count). The molecule has 0 spiro atoms. The predicted molar refractivity (Wildman–Crippen MR) is 112 cm³/mol. The van der Waals surface area contributed by atoms with E-state index in [1.54, 1.807) is 4.57 Å². The van der Waals surface area contributed by atoms with Gasteiger partial charge < -0.3 is 4.90 Å². The molecule has 29 heavy (non-hydrogen) atoms. The summed E-state index contributed by atoms with van der Waals surface area (Å²) < 4.78 is 1.66. The van der Waals surface area contributed by atoms with Gasteiger partial charge in [-0.15, -0.1) is 0 Å². The second-order valence-electron chi connectivity index (χ2n) is 7.82. The zero-order chi connectivity index (χ0) is 20.4. The van der Waals surface area contributed by atoms with Gasteiger partial charge in [0.25, 0.3) is 0 Å². The summed E-state index contributed by atoms with van der Waals surface area (Å²) in [5.41, 5.74) is 3.98. The number of amides is 1. The van der Waals surface area contributed by atoms with Crippen LogP contribution in [0.15, 0.2) is 53.3 Å². The van der Waals surface area contributed by atoms with Crippen molar-refractivity contribution < 1.29 is 4.79 Å². The Hall–Kier alpha value is -3.15. The van der Waals surface area contributed by atoms with Gasteiger partial charge in [0.05, 0.1) is 12.1 Å². The maximum absolute atomic E-state index is 12.7. The number of piperidine rings is 1. The Labute approximate surface area is 170 Å². The van der Waals surface area contributed by atoms with Gasteiger partial charge in [-0.25, -0.2) is 14.5 Å². The molecular weight excluding hydrogens is 364 g/mol. The number of benzene rings is 2. The van der Waals surface area contributed by atoms with Crippen molar-refractivity contribution in [2.75, 3.05) is 13.1 Å². The molecule has 3 aromatic rings. The second-order valence-corrected chi connectivity index (χ2v) is 7.82. The van der Waals surface area contributed by atoms with Gasteiger partial charge in [-0.05, 0) is 49.9 Å². The smallest absolute Gasteiger partial charge is 0.342 e. The number of aromatic nitrogens is 3. The van der Waals surface area contributed by atoms with E-state index in [0.29, 0.717) is 19.5 Å². The molecule has 6 nitrogen and oxygen atoms in total. The summed E-state index contributed by atoms with van der Waals surface area (Å²) in [6.07, 6.45) is 2.04. The minimum absolute atomic E-state index is 0.151. The van der Waals surface area contributed by atoms with Crippen LogP contribution in [0.5, 0.6) is 0 Å². The van der Waals surface area contributed by atoms with Crippen LogP contribution in [-0.2, 0) is 11.2 Å². The number of likely N-dealkylation sites (tertiary alicyclic amines) is 1. The lowest BCUT2D eigenvalue weighted by molar-refractivity contribution is -0.131. The molecule has 1 amide bonds. The topological polar surface area (TPSA) is 71.0 Å². The van der Waals surface area contributed by atoms with Crippen molar-refractivity contribution in [3.8, 4) is 5.69 Å². The molecule has 1 aromatic heterocycles. The van der Waals surface area contributed by atoms with E-state index in [2.05, 4.69) is 10.2 Å². The van der Waals surface area contributed by atoms with Gasteiger partial charge >= 0.3 is 5.69 Å². The van der Waals surface area contributed by atoms with Crippen LogP contribution in [0.3, 0.4) is 0 Å². The van der Waals surface area contributed by atoms with Crippen LogP contribution < -0.4 is 5.69 Å². The molecule has 0 aliphatic carbocycles. The largest absolute Gasteiger partial charge is 0.347 e. The number of carbonyl (C=O) groups excluding carboxylic acids is 1. The summed E-state index contributed by atoms with van der Waals surface area (Å²) in [6, 6.07) is 15.9. The third kappa shape index (κ3) is 4.01. The summed E-state index contributed by atoms with van der Waals surface area (Å²) in [6.45, 7) is 5.43. The highest BCUT2D eigenvalue weighted by molar-refractivity contribution is 5.79. The molecule has 0 radical (unpaired) electrons. The first kappa shape index (κ1) is 19.2. The van der Waals surface area contributed by atoms with E-state index in [1.807, 2.05) is 67.3 Å². The normalized spacial score (nSPS) is 14.9. The summed E-state index contributed by atoms with van der Waals surface area (Å²) >= 11 is 0. The van der Waals surface area contributed by atoms with Gasteiger partial charge in [0.1, 0.15) is 5.82 Å². The predicted octanol–water partition coefficient (Wildman–Crippen LogP) is 3.13. The summed E-state index contributed by atoms with van der Waals surface area (Å²) in [5.74, 6) is 1.07. The van der Waals surface area contributed by atoms with E-state index in [9.17, 15) is 9.59 Å². The molecule has 2 aromatic carbocycles. The van der Waals surface area contributed by atoms with Crippen molar-refractivity contribution in [2.45, 2.75) is 39.0 Å². The summed E-state index contributed by atoms with van der Waals surface area (Å²) in [5, 5.41) is 6.91. The number of nitrogens with zero attached hydrogens (tertiary/aromatic N) is 3. The average molecular weight is 390 g/mol. The Morgan fingerprint density at radius 3 is 2.45 bits per heavy atom. The first-order valence-corrected chi connectivity index (χ1v) is 10.1. The molecule has 0 atom stereocenters. The number of carbonyl (C=O) groups is 1. The first-order valence-electron chi connectivity index (χ1n) is 10.1. The zero-order valence-corrected chi connectivity index (χ0v) is 16.9. The minimum Gasteiger partial charge on any atom is -0.342 e. The fourth-order valence-corrected chi connectivity index (χ4v) is 4.00. The minimum atomic E-state index is -0.220. The van der Waals surface area contributed by atoms with Crippen LogP contribution in [0.2, 0.25) is 0 Å². The standard InChI is InChI=1S/C23H26N4O2/c1-16-7-9-20(10-8-16)27-22(24-25-23(27)29)18-11-13-26(14-12-18)21(28)15-19-6-4-3-5-17(19)2/h3-10,18H,11-15H2,1-2H3,(H,25,29). The molecule has 1 aliphatic heterocycles. The highest BCUT2D eigenvalue weighted by Gasteiger charge is 2.28. The van der Waals surface area contributed by atoms with E-state index < -0.39 is 0 Å². The number of H-pyrrole nitrogens is 1. The number of hydrogen-bond acceptors (Lipinski definition) is 3. The zero-order valence-electron chi connectivity index (χ0n) is 16.9. The molecule has 150 valence electrons. The van der Waals surface area contributed by atoms with Crippen LogP contribution in [0.1, 0.15) is 41.3 Å². The molecule has 2 heterocycles. The van der Waals surface area contributed by atoms with Gasteiger partial charge in [-0.1, -0.05) is 42.0 Å².